The van der Waals surface area contributed by atoms with Crippen LogP contribution in [0.1, 0.15) is 16.1 Å². The van der Waals surface area contributed by atoms with Gasteiger partial charge in [-0.1, -0.05) is 11.6 Å². The Morgan fingerprint density at radius 1 is 1.10 bits per heavy atom. The second-order valence-corrected chi connectivity index (χ2v) is 6.82. The topological polar surface area (TPSA) is 122 Å². The Bertz CT molecular complexity index is 1170. The first-order chi connectivity index (χ1) is 15.0. The van der Waals surface area contributed by atoms with Crippen molar-refractivity contribution in [2.45, 2.75) is 0 Å². The Balaban J connectivity index is 1.31. The fraction of sp³-hybridized carbons (Fsp3) is 0.0952. The Labute approximate surface area is 181 Å². The lowest BCUT2D eigenvalue weighted by Gasteiger charge is -2.06. The van der Waals surface area contributed by atoms with Gasteiger partial charge >= 0.3 is 5.97 Å². The second-order valence-electron chi connectivity index (χ2n) is 6.42. The Hall–Kier alpha value is -3.98. The summed E-state index contributed by atoms with van der Waals surface area (Å²) >= 11 is 5.88. The highest BCUT2D eigenvalue weighted by atomic mass is 35.5. The molecular weight excluding hydrogens is 426 g/mol. The van der Waals surface area contributed by atoms with Gasteiger partial charge in [-0.25, -0.2) is 10.2 Å². The number of fused-ring (bicyclic) bond motifs is 1. The molecule has 2 heterocycles. The van der Waals surface area contributed by atoms with Crippen molar-refractivity contribution in [1.82, 2.24) is 5.43 Å². The number of carbonyl (C=O) groups excluding carboxylic acids is 1. The maximum absolute atomic E-state index is 12.0. The first kappa shape index (κ1) is 20.3. The third kappa shape index (κ3) is 4.78. The highest BCUT2D eigenvalue weighted by molar-refractivity contribution is 6.33. The quantitative estimate of drug-likeness (QED) is 0.378. The van der Waals surface area contributed by atoms with Crippen molar-refractivity contribution in [2.75, 3.05) is 18.7 Å². The highest BCUT2D eigenvalue weighted by Crippen LogP contribution is 2.34. The van der Waals surface area contributed by atoms with Crippen LogP contribution in [0, 0.1) is 0 Å². The van der Waals surface area contributed by atoms with E-state index in [9.17, 15) is 14.7 Å². The Morgan fingerprint density at radius 2 is 1.94 bits per heavy atom. The lowest BCUT2D eigenvalue weighted by atomic mass is 10.1. The number of rotatable bonds is 7. The van der Waals surface area contributed by atoms with E-state index in [0.717, 1.165) is 0 Å². The summed E-state index contributed by atoms with van der Waals surface area (Å²) < 4.78 is 16.1. The van der Waals surface area contributed by atoms with Gasteiger partial charge in [-0.05, 0) is 42.5 Å². The van der Waals surface area contributed by atoms with Gasteiger partial charge < -0.3 is 24.3 Å². The molecule has 4 rings (SSSR count). The Morgan fingerprint density at radius 3 is 2.77 bits per heavy atom. The summed E-state index contributed by atoms with van der Waals surface area (Å²) in [5.41, 5.74) is 3.64. The van der Waals surface area contributed by atoms with Crippen molar-refractivity contribution in [3.05, 3.63) is 64.9 Å². The van der Waals surface area contributed by atoms with Crippen LogP contribution in [-0.4, -0.2) is 36.5 Å². The summed E-state index contributed by atoms with van der Waals surface area (Å²) in [5.74, 6) is 0.618. The molecule has 0 unspecified atom stereocenters. The molecule has 0 saturated heterocycles. The molecule has 0 atom stereocenters. The van der Waals surface area contributed by atoms with Gasteiger partial charge in [0.2, 0.25) is 6.79 Å². The fourth-order valence-corrected chi connectivity index (χ4v) is 3.01. The summed E-state index contributed by atoms with van der Waals surface area (Å²) in [6.45, 7) is 0.185. The Kier molecular flexibility index (Phi) is 5.76. The molecule has 0 bridgehead atoms. The van der Waals surface area contributed by atoms with Crippen LogP contribution in [0.5, 0.6) is 11.5 Å². The molecule has 31 heavy (non-hydrogen) atoms. The minimum atomic E-state index is -1.13. The normalized spacial score (nSPS) is 12.2. The molecule has 2 aromatic carbocycles. The molecule has 1 amide bonds. The van der Waals surface area contributed by atoms with E-state index in [1.165, 1.54) is 18.3 Å². The summed E-state index contributed by atoms with van der Waals surface area (Å²) in [7, 11) is 0. The number of aromatic carboxylic acids is 1. The number of furan rings is 1. The number of halogens is 1. The van der Waals surface area contributed by atoms with Crippen LogP contribution in [0.15, 0.2) is 58.0 Å². The number of carboxylic acid groups (broad SMARTS) is 1. The summed E-state index contributed by atoms with van der Waals surface area (Å²) in [5, 5.41) is 16.1. The lowest BCUT2D eigenvalue weighted by Crippen LogP contribution is -2.25. The van der Waals surface area contributed by atoms with E-state index in [1.54, 1.807) is 36.4 Å². The van der Waals surface area contributed by atoms with Gasteiger partial charge in [-0.2, -0.15) is 5.10 Å². The minimum absolute atomic E-state index is 0.00310. The van der Waals surface area contributed by atoms with Crippen molar-refractivity contribution < 1.29 is 28.6 Å². The number of ether oxygens (including phenoxy) is 2. The molecular formula is C21H16ClN3O6. The maximum atomic E-state index is 12.0. The van der Waals surface area contributed by atoms with Crippen molar-refractivity contribution >= 4 is 35.4 Å². The largest absolute Gasteiger partial charge is 0.478 e. The van der Waals surface area contributed by atoms with Gasteiger partial charge in [0, 0.05) is 17.3 Å². The van der Waals surface area contributed by atoms with Gasteiger partial charge in [-0.15, -0.1) is 0 Å². The summed E-state index contributed by atoms with van der Waals surface area (Å²) in [4.78, 5) is 23.2. The monoisotopic (exact) mass is 441 g/mol. The van der Waals surface area contributed by atoms with Crippen LogP contribution < -0.4 is 20.2 Å². The van der Waals surface area contributed by atoms with Crippen LogP contribution >= 0.6 is 11.6 Å². The fourth-order valence-electron chi connectivity index (χ4n) is 2.82. The van der Waals surface area contributed by atoms with E-state index in [4.69, 9.17) is 25.5 Å². The van der Waals surface area contributed by atoms with Crippen LogP contribution in [0.25, 0.3) is 11.3 Å². The number of hydrogen-bond donors (Lipinski definition) is 3. The number of nitrogens with one attached hydrogen (secondary N) is 2. The molecule has 0 saturated carbocycles. The predicted octanol–water partition coefficient (Wildman–Crippen LogP) is 3.59. The zero-order valence-electron chi connectivity index (χ0n) is 15.9. The van der Waals surface area contributed by atoms with E-state index in [1.807, 2.05) is 0 Å². The van der Waals surface area contributed by atoms with Gasteiger partial charge in [-0.3, -0.25) is 4.79 Å². The van der Waals surface area contributed by atoms with Crippen LogP contribution in [-0.2, 0) is 4.79 Å². The third-order valence-electron chi connectivity index (χ3n) is 4.31. The lowest BCUT2D eigenvalue weighted by molar-refractivity contribution is -0.119. The first-order valence-corrected chi connectivity index (χ1v) is 9.46. The van der Waals surface area contributed by atoms with Gasteiger partial charge in [0.05, 0.1) is 23.3 Å². The number of nitrogens with zero attached hydrogens (tertiary/aromatic N) is 1. The molecule has 1 aliphatic heterocycles. The molecule has 1 aromatic heterocycles. The molecule has 10 heteroatoms. The number of hydrazone groups is 1. The van der Waals surface area contributed by atoms with Crippen molar-refractivity contribution in [1.29, 1.82) is 0 Å². The van der Waals surface area contributed by atoms with Crippen molar-refractivity contribution in [2.24, 2.45) is 5.10 Å². The molecule has 0 radical (unpaired) electrons. The second kappa shape index (κ2) is 8.80. The third-order valence-corrected chi connectivity index (χ3v) is 4.64. The number of carbonyl (C=O) groups is 2. The average Bonchev–Trinajstić information content (AvgIpc) is 3.41. The number of amides is 1. The van der Waals surface area contributed by atoms with Gasteiger partial charge in [0.15, 0.2) is 11.5 Å². The predicted molar refractivity (Wildman–Crippen MR) is 113 cm³/mol. The molecule has 3 N–H and O–H groups in total. The number of carboxylic acids is 1. The van der Waals surface area contributed by atoms with Crippen LogP contribution in [0.3, 0.4) is 0 Å². The highest BCUT2D eigenvalue weighted by Gasteiger charge is 2.14. The van der Waals surface area contributed by atoms with Crippen molar-refractivity contribution in [3.8, 4) is 22.8 Å². The SMILES string of the molecule is O=C(CNc1ccc2c(c1)OCO2)NN=Cc1ccc(-c2ccc(Cl)c(C(=O)O)c2)o1. The molecule has 0 aliphatic carbocycles. The van der Waals surface area contributed by atoms with Crippen molar-refractivity contribution in [3.63, 3.8) is 0 Å². The zero-order chi connectivity index (χ0) is 21.8. The standard InChI is InChI=1S/C21H16ClN3O6/c22-16-4-1-12(7-15(16)21(27)28)17-6-3-14(31-17)9-24-25-20(26)10-23-13-2-5-18-19(8-13)30-11-29-18/h1-9,23H,10-11H2,(H,25,26)(H,27,28). The van der Waals surface area contributed by atoms with Crippen LogP contribution in [0.4, 0.5) is 5.69 Å². The summed E-state index contributed by atoms with van der Waals surface area (Å²) in [6.07, 6.45) is 1.34. The van der Waals surface area contributed by atoms with E-state index >= 15 is 0 Å². The van der Waals surface area contributed by atoms with E-state index in [2.05, 4.69) is 15.8 Å². The maximum Gasteiger partial charge on any atom is 0.337 e. The van der Waals surface area contributed by atoms with E-state index < -0.39 is 5.97 Å². The minimum Gasteiger partial charge on any atom is -0.478 e. The number of benzene rings is 2. The zero-order valence-corrected chi connectivity index (χ0v) is 16.7. The number of hydrogen-bond acceptors (Lipinski definition) is 7. The molecule has 0 fully saturated rings. The molecule has 158 valence electrons. The molecule has 9 nitrogen and oxygen atoms in total. The van der Waals surface area contributed by atoms with Crippen LogP contribution in [0.2, 0.25) is 5.02 Å². The van der Waals surface area contributed by atoms with Gasteiger partial charge in [0.25, 0.3) is 5.91 Å². The van der Waals surface area contributed by atoms with E-state index in [-0.39, 0.29) is 29.8 Å². The molecule has 1 aliphatic rings. The molecule has 3 aromatic rings. The van der Waals surface area contributed by atoms with Gasteiger partial charge in [0.1, 0.15) is 11.5 Å². The average molecular weight is 442 g/mol. The summed E-state index contributed by atoms with van der Waals surface area (Å²) in [6, 6.07) is 13.2. The first-order valence-electron chi connectivity index (χ1n) is 9.08. The smallest absolute Gasteiger partial charge is 0.337 e. The van der Waals surface area contributed by atoms with E-state index in [0.29, 0.717) is 34.3 Å². The molecule has 0 spiro atoms. The number of anilines is 1.